The average molecular weight is 283 g/mol. The standard InChI is InChI=1S/C19H25NO/c1-4-9-16-10-5-7-12-18(16)20-14-17-11-6-8-13-19(17)21-15(2)3/h5-8,10-13,15,20H,4,9,14H2,1-3H3. The average Bonchev–Trinajstić information content (AvgIpc) is 2.47. The molecule has 0 saturated carbocycles. The van der Waals surface area contributed by atoms with Crippen LogP contribution in [0.25, 0.3) is 0 Å². The van der Waals surface area contributed by atoms with Crippen LogP contribution in [0, 0.1) is 0 Å². The summed E-state index contributed by atoms with van der Waals surface area (Å²) in [7, 11) is 0. The van der Waals surface area contributed by atoms with Gasteiger partial charge in [-0.25, -0.2) is 0 Å². The molecule has 0 atom stereocenters. The van der Waals surface area contributed by atoms with Gasteiger partial charge in [-0.1, -0.05) is 49.7 Å². The summed E-state index contributed by atoms with van der Waals surface area (Å²) in [6.45, 7) is 7.10. The van der Waals surface area contributed by atoms with Crippen molar-refractivity contribution in [2.75, 3.05) is 5.32 Å². The summed E-state index contributed by atoms with van der Waals surface area (Å²) in [5.41, 5.74) is 3.79. The fourth-order valence-corrected chi connectivity index (χ4v) is 2.39. The molecule has 0 spiro atoms. The van der Waals surface area contributed by atoms with E-state index >= 15 is 0 Å². The minimum Gasteiger partial charge on any atom is -0.491 e. The molecule has 0 aliphatic rings. The zero-order chi connectivity index (χ0) is 15.1. The van der Waals surface area contributed by atoms with Crippen molar-refractivity contribution in [2.24, 2.45) is 0 Å². The Hall–Kier alpha value is -1.96. The predicted molar refractivity (Wildman–Crippen MR) is 90.0 cm³/mol. The van der Waals surface area contributed by atoms with E-state index in [1.807, 2.05) is 12.1 Å². The molecule has 0 bridgehead atoms. The topological polar surface area (TPSA) is 21.3 Å². The van der Waals surface area contributed by atoms with Crippen molar-refractivity contribution in [2.45, 2.75) is 46.3 Å². The zero-order valence-corrected chi connectivity index (χ0v) is 13.2. The first kappa shape index (κ1) is 15.4. The molecule has 2 nitrogen and oxygen atoms in total. The maximum Gasteiger partial charge on any atom is 0.124 e. The van der Waals surface area contributed by atoms with Crippen molar-refractivity contribution in [3.8, 4) is 5.75 Å². The number of para-hydroxylation sites is 2. The monoisotopic (exact) mass is 283 g/mol. The van der Waals surface area contributed by atoms with Gasteiger partial charge in [-0.3, -0.25) is 0 Å². The van der Waals surface area contributed by atoms with Gasteiger partial charge in [0.05, 0.1) is 6.10 Å². The maximum absolute atomic E-state index is 5.87. The lowest BCUT2D eigenvalue weighted by molar-refractivity contribution is 0.240. The minimum absolute atomic E-state index is 0.193. The third-order valence-electron chi connectivity index (χ3n) is 3.34. The number of ether oxygens (including phenoxy) is 1. The number of rotatable bonds is 7. The molecule has 21 heavy (non-hydrogen) atoms. The van der Waals surface area contributed by atoms with Gasteiger partial charge in [0.1, 0.15) is 5.75 Å². The molecule has 2 rings (SSSR count). The molecule has 0 aromatic heterocycles. The summed E-state index contributed by atoms with van der Waals surface area (Å²) in [6, 6.07) is 16.8. The third kappa shape index (κ3) is 4.52. The zero-order valence-electron chi connectivity index (χ0n) is 13.2. The Morgan fingerprint density at radius 1 is 0.952 bits per heavy atom. The quantitative estimate of drug-likeness (QED) is 0.768. The van der Waals surface area contributed by atoms with Crippen LogP contribution in [0.4, 0.5) is 5.69 Å². The van der Waals surface area contributed by atoms with Gasteiger partial charge in [0.2, 0.25) is 0 Å². The third-order valence-corrected chi connectivity index (χ3v) is 3.34. The van der Waals surface area contributed by atoms with Crippen LogP contribution in [0.3, 0.4) is 0 Å². The molecule has 2 heteroatoms. The van der Waals surface area contributed by atoms with Gasteiger partial charge >= 0.3 is 0 Å². The molecule has 0 amide bonds. The fourth-order valence-electron chi connectivity index (χ4n) is 2.39. The molecule has 0 saturated heterocycles. The van der Waals surface area contributed by atoms with Crippen LogP contribution in [-0.2, 0) is 13.0 Å². The van der Waals surface area contributed by atoms with E-state index in [0.29, 0.717) is 0 Å². The first-order chi connectivity index (χ1) is 10.2. The fraction of sp³-hybridized carbons (Fsp3) is 0.368. The minimum atomic E-state index is 0.193. The Balaban J connectivity index is 2.10. The first-order valence-corrected chi connectivity index (χ1v) is 7.77. The van der Waals surface area contributed by atoms with Gasteiger partial charge in [0.25, 0.3) is 0 Å². The normalized spacial score (nSPS) is 10.7. The summed E-state index contributed by atoms with van der Waals surface area (Å²) in [6.07, 6.45) is 2.46. The van der Waals surface area contributed by atoms with Gasteiger partial charge in [-0.2, -0.15) is 0 Å². The Morgan fingerprint density at radius 3 is 2.33 bits per heavy atom. The number of nitrogens with one attached hydrogen (secondary N) is 1. The molecule has 0 aliphatic heterocycles. The lowest BCUT2D eigenvalue weighted by atomic mass is 10.1. The van der Waals surface area contributed by atoms with E-state index in [9.17, 15) is 0 Å². The van der Waals surface area contributed by atoms with Crippen LogP contribution < -0.4 is 10.1 Å². The van der Waals surface area contributed by atoms with E-state index in [0.717, 1.165) is 25.1 Å². The molecule has 0 heterocycles. The summed E-state index contributed by atoms with van der Waals surface area (Å²) in [4.78, 5) is 0. The summed E-state index contributed by atoms with van der Waals surface area (Å²) >= 11 is 0. The molecule has 0 unspecified atom stereocenters. The van der Waals surface area contributed by atoms with Gasteiger partial charge in [-0.15, -0.1) is 0 Å². The highest BCUT2D eigenvalue weighted by Crippen LogP contribution is 2.22. The second-order valence-corrected chi connectivity index (χ2v) is 5.54. The van der Waals surface area contributed by atoms with E-state index in [-0.39, 0.29) is 6.10 Å². The molecule has 0 fully saturated rings. The van der Waals surface area contributed by atoms with E-state index in [1.165, 1.54) is 16.8 Å². The van der Waals surface area contributed by atoms with Crippen molar-refractivity contribution in [3.63, 3.8) is 0 Å². The molecular weight excluding hydrogens is 258 g/mol. The SMILES string of the molecule is CCCc1ccccc1NCc1ccccc1OC(C)C. The van der Waals surface area contributed by atoms with E-state index < -0.39 is 0 Å². The second-order valence-electron chi connectivity index (χ2n) is 5.54. The van der Waals surface area contributed by atoms with Crippen LogP contribution in [0.1, 0.15) is 38.3 Å². The van der Waals surface area contributed by atoms with Gasteiger partial charge in [0, 0.05) is 17.8 Å². The summed E-state index contributed by atoms with van der Waals surface area (Å²) < 4.78 is 5.87. The largest absolute Gasteiger partial charge is 0.491 e. The van der Waals surface area contributed by atoms with Crippen LogP contribution >= 0.6 is 0 Å². The highest BCUT2D eigenvalue weighted by molar-refractivity contribution is 5.52. The van der Waals surface area contributed by atoms with Gasteiger partial charge in [0.15, 0.2) is 0 Å². The van der Waals surface area contributed by atoms with Gasteiger partial charge in [-0.05, 0) is 38.0 Å². The Morgan fingerprint density at radius 2 is 1.62 bits per heavy atom. The maximum atomic E-state index is 5.87. The Kier molecular flexibility index (Phi) is 5.68. The van der Waals surface area contributed by atoms with Crippen molar-refractivity contribution in [3.05, 3.63) is 59.7 Å². The van der Waals surface area contributed by atoms with Crippen molar-refractivity contribution >= 4 is 5.69 Å². The lowest BCUT2D eigenvalue weighted by Crippen LogP contribution is -2.09. The highest BCUT2D eigenvalue weighted by Gasteiger charge is 2.06. The smallest absolute Gasteiger partial charge is 0.124 e. The molecule has 2 aromatic rings. The van der Waals surface area contributed by atoms with Gasteiger partial charge < -0.3 is 10.1 Å². The number of benzene rings is 2. The predicted octanol–water partition coefficient (Wildman–Crippen LogP) is 5.04. The van der Waals surface area contributed by atoms with Crippen LogP contribution in [0.5, 0.6) is 5.75 Å². The molecule has 1 N–H and O–H groups in total. The van der Waals surface area contributed by atoms with E-state index in [1.54, 1.807) is 0 Å². The molecule has 2 aromatic carbocycles. The number of hydrogen-bond acceptors (Lipinski definition) is 2. The van der Waals surface area contributed by atoms with Crippen LogP contribution in [0.2, 0.25) is 0 Å². The summed E-state index contributed by atoms with van der Waals surface area (Å²) in [5.74, 6) is 0.966. The first-order valence-electron chi connectivity index (χ1n) is 7.77. The van der Waals surface area contributed by atoms with Crippen molar-refractivity contribution < 1.29 is 4.74 Å². The number of hydrogen-bond donors (Lipinski definition) is 1. The van der Waals surface area contributed by atoms with Crippen molar-refractivity contribution in [1.29, 1.82) is 0 Å². The van der Waals surface area contributed by atoms with Crippen LogP contribution in [0.15, 0.2) is 48.5 Å². The molecule has 0 aliphatic carbocycles. The Bertz CT molecular complexity index is 563. The summed E-state index contributed by atoms with van der Waals surface area (Å²) in [5, 5.41) is 3.55. The highest BCUT2D eigenvalue weighted by atomic mass is 16.5. The number of anilines is 1. The molecule has 112 valence electrons. The lowest BCUT2D eigenvalue weighted by Gasteiger charge is -2.16. The second kappa shape index (κ2) is 7.72. The molecule has 0 radical (unpaired) electrons. The Labute approximate surface area is 128 Å². The van der Waals surface area contributed by atoms with Crippen LogP contribution in [-0.4, -0.2) is 6.10 Å². The van der Waals surface area contributed by atoms with E-state index in [2.05, 4.69) is 62.5 Å². The molecular formula is C19H25NO. The van der Waals surface area contributed by atoms with Crippen molar-refractivity contribution in [1.82, 2.24) is 0 Å². The number of aryl methyl sites for hydroxylation is 1. The van der Waals surface area contributed by atoms with E-state index in [4.69, 9.17) is 4.74 Å².